The summed E-state index contributed by atoms with van der Waals surface area (Å²) in [7, 11) is 3.80. The van der Waals surface area contributed by atoms with Crippen molar-refractivity contribution >= 4 is 5.91 Å². The third-order valence-electron chi connectivity index (χ3n) is 4.43. The zero-order valence-corrected chi connectivity index (χ0v) is 15.7. The lowest BCUT2D eigenvalue weighted by Gasteiger charge is -2.23. The van der Waals surface area contributed by atoms with E-state index in [4.69, 9.17) is 9.47 Å². The van der Waals surface area contributed by atoms with Crippen LogP contribution in [-0.4, -0.2) is 49.6 Å². The molecule has 1 amide bonds. The second-order valence-electron chi connectivity index (χ2n) is 6.89. The third kappa shape index (κ3) is 4.76. The van der Waals surface area contributed by atoms with E-state index in [0.717, 1.165) is 22.6 Å². The van der Waals surface area contributed by atoms with Crippen LogP contribution in [0, 0.1) is 6.92 Å². The van der Waals surface area contributed by atoms with Crippen molar-refractivity contribution in [2.75, 3.05) is 33.9 Å². The standard InChI is InChI=1S/C21H26N2O3/c1-16-4-6-17(7-5-16)14-23(3)21(24)15-22(2)13-18-8-9-19-20(12-18)26-11-10-25-19/h4-9,12H,10-11,13-15H2,1-3H3. The van der Waals surface area contributed by atoms with E-state index in [1.165, 1.54) is 5.56 Å². The first kappa shape index (κ1) is 18.3. The first-order chi connectivity index (χ1) is 12.5. The van der Waals surface area contributed by atoms with Gasteiger partial charge in [0.25, 0.3) is 0 Å². The normalized spacial score (nSPS) is 12.9. The van der Waals surface area contributed by atoms with Crippen molar-refractivity contribution in [2.24, 2.45) is 0 Å². The van der Waals surface area contributed by atoms with Crippen LogP contribution in [0.25, 0.3) is 0 Å². The molecule has 0 unspecified atom stereocenters. The molecule has 138 valence electrons. The molecule has 0 atom stereocenters. The number of fused-ring (bicyclic) bond motifs is 1. The van der Waals surface area contributed by atoms with Crippen LogP contribution in [0.3, 0.4) is 0 Å². The number of benzene rings is 2. The summed E-state index contributed by atoms with van der Waals surface area (Å²) in [5, 5.41) is 0. The van der Waals surface area contributed by atoms with E-state index in [1.54, 1.807) is 4.90 Å². The predicted molar refractivity (Wildman–Crippen MR) is 101 cm³/mol. The molecule has 2 aromatic carbocycles. The van der Waals surface area contributed by atoms with Gasteiger partial charge in [-0.1, -0.05) is 35.9 Å². The van der Waals surface area contributed by atoms with E-state index in [0.29, 0.717) is 32.8 Å². The highest BCUT2D eigenvalue weighted by Crippen LogP contribution is 2.31. The number of amides is 1. The van der Waals surface area contributed by atoms with Crippen molar-refractivity contribution in [3.63, 3.8) is 0 Å². The monoisotopic (exact) mass is 354 g/mol. The average Bonchev–Trinajstić information content (AvgIpc) is 2.63. The van der Waals surface area contributed by atoms with Gasteiger partial charge in [0.05, 0.1) is 6.54 Å². The summed E-state index contributed by atoms with van der Waals surface area (Å²) in [6, 6.07) is 14.2. The summed E-state index contributed by atoms with van der Waals surface area (Å²) in [5.74, 6) is 1.67. The topological polar surface area (TPSA) is 42.0 Å². The molecule has 0 saturated heterocycles. The summed E-state index contributed by atoms with van der Waals surface area (Å²) in [4.78, 5) is 16.3. The van der Waals surface area contributed by atoms with Gasteiger partial charge in [0.1, 0.15) is 13.2 Å². The minimum atomic E-state index is 0.102. The minimum absolute atomic E-state index is 0.102. The number of carbonyl (C=O) groups excluding carboxylic acids is 1. The van der Waals surface area contributed by atoms with Crippen LogP contribution in [0.1, 0.15) is 16.7 Å². The second-order valence-corrected chi connectivity index (χ2v) is 6.89. The summed E-state index contributed by atoms with van der Waals surface area (Å²) >= 11 is 0. The Bertz CT molecular complexity index is 758. The van der Waals surface area contributed by atoms with Gasteiger partial charge in [0, 0.05) is 20.1 Å². The van der Waals surface area contributed by atoms with Crippen LogP contribution in [-0.2, 0) is 17.9 Å². The first-order valence-corrected chi connectivity index (χ1v) is 8.88. The van der Waals surface area contributed by atoms with Crippen molar-refractivity contribution in [3.8, 4) is 11.5 Å². The SMILES string of the molecule is Cc1ccc(CN(C)C(=O)CN(C)Cc2ccc3c(c2)OCCO3)cc1. The van der Waals surface area contributed by atoms with Crippen LogP contribution >= 0.6 is 0 Å². The van der Waals surface area contributed by atoms with Crippen molar-refractivity contribution < 1.29 is 14.3 Å². The van der Waals surface area contributed by atoms with E-state index >= 15 is 0 Å². The molecule has 1 heterocycles. The lowest BCUT2D eigenvalue weighted by Crippen LogP contribution is -2.36. The van der Waals surface area contributed by atoms with E-state index in [1.807, 2.05) is 37.2 Å². The number of aryl methyl sites for hydroxylation is 1. The summed E-state index contributed by atoms with van der Waals surface area (Å²) in [5.41, 5.74) is 3.47. The molecular weight excluding hydrogens is 328 g/mol. The highest BCUT2D eigenvalue weighted by atomic mass is 16.6. The molecule has 5 heteroatoms. The molecule has 0 fully saturated rings. The number of rotatable bonds is 6. The fourth-order valence-corrected chi connectivity index (χ4v) is 2.96. The summed E-state index contributed by atoms with van der Waals surface area (Å²) in [6.45, 7) is 4.91. The molecule has 26 heavy (non-hydrogen) atoms. The molecular formula is C21H26N2O3. The molecule has 0 saturated carbocycles. The first-order valence-electron chi connectivity index (χ1n) is 8.88. The van der Waals surface area contributed by atoms with Crippen molar-refractivity contribution in [1.82, 2.24) is 9.80 Å². The predicted octanol–water partition coefficient (Wildman–Crippen LogP) is 2.86. The van der Waals surface area contributed by atoms with E-state index in [2.05, 4.69) is 31.2 Å². The van der Waals surface area contributed by atoms with E-state index in [-0.39, 0.29) is 5.91 Å². The van der Waals surface area contributed by atoms with Gasteiger partial charge in [-0.05, 0) is 37.2 Å². The quantitative estimate of drug-likeness (QED) is 0.800. The highest BCUT2D eigenvalue weighted by molar-refractivity contribution is 5.78. The Hall–Kier alpha value is -2.53. The number of hydrogen-bond acceptors (Lipinski definition) is 4. The zero-order valence-electron chi connectivity index (χ0n) is 15.7. The molecule has 5 nitrogen and oxygen atoms in total. The number of ether oxygens (including phenoxy) is 2. The van der Waals surface area contributed by atoms with Crippen molar-refractivity contribution in [2.45, 2.75) is 20.0 Å². The van der Waals surface area contributed by atoms with Crippen molar-refractivity contribution in [3.05, 3.63) is 59.2 Å². The van der Waals surface area contributed by atoms with Gasteiger partial charge >= 0.3 is 0 Å². The lowest BCUT2D eigenvalue weighted by molar-refractivity contribution is -0.131. The summed E-state index contributed by atoms with van der Waals surface area (Å²) < 4.78 is 11.2. The Morgan fingerprint density at radius 1 is 0.923 bits per heavy atom. The molecule has 0 bridgehead atoms. The van der Waals surface area contributed by atoms with Crippen LogP contribution in [0.2, 0.25) is 0 Å². The Morgan fingerprint density at radius 3 is 2.31 bits per heavy atom. The molecule has 0 aromatic heterocycles. The molecule has 3 rings (SSSR count). The number of nitrogens with zero attached hydrogens (tertiary/aromatic N) is 2. The van der Waals surface area contributed by atoms with E-state index in [9.17, 15) is 4.79 Å². The van der Waals surface area contributed by atoms with Gasteiger partial charge in [-0.25, -0.2) is 0 Å². The molecule has 0 aliphatic carbocycles. The highest BCUT2D eigenvalue weighted by Gasteiger charge is 2.15. The lowest BCUT2D eigenvalue weighted by atomic mass is 10.1. The largest absolute Gasteiger partial charge is 0.486 e. The number of likely N-dealkylation sites (N-methyl/N-ethyl adjacent to an activating group) is 2. The Morgan fingerprint density at radius 2 is 1.58 bits per heavy atom. The van der Waals surface area contributed by atoms with Gasteiger partial charge in [-0.3, -0.25) is 9.69 Å². The fraction of sp³-hybridized carbons (Fsp3) is 0.381. The van der Waals surface area contributed by atoms with Crippen LogP contribution < -0.4 is 9.47 Å². The van der Waals surface area contributed by atoms with Gasteiger partial charge < -0.3 is 14.4 Å². The molecule has 2 aromatic rings. The zero-order chi connectivity index (χ0) is 18.5. The molecule has 0 radical (unpaired) electrons. The molecule has 0 spiro atoms. The molecule has 1 aliphatic rings. The van der Waals surface area contributed by atoms with Gasteiger partial charge in [-0.15, -0.1) is 0 Å². The van der Waals surface area contributed by atoms with Gasteiger partial charge in [-0.2, -0.15) is 0 Å². The van der Waals surface area contributed by atoms with Crippen LogP contribution in [0.5, 0.6) is 11.5 Å². The molecule has 0 N–H and O–H groups in total. The maximum atomic E-state index is 12.5. The third-order valence-corrected chi connectivity index (χ3v) is 4.43. The Balaban J connectivity index is 1.52. The molecule has 1 aliphatic heterocycles. The average molecular weight is 354 g/mol. The summed E-state index contributed by atoms with van der Waals surface area (Å²) in [6.07, 6.45) is 0. The second kappa shape index (κ2) is 8.23. The number of hydrogen-bond donors (Lipinski definition) is 0. The van der Waals surface area contributed by atoms with Crippen LogP contribution in [0.4, 0.5) is 0 Å². The Labute approximate surface area is 155 Å². The van der Waals surface area contributed by atoms with Crippen LogP contribution in [0.15, 0.2) is 42.5 Å². The maximum Gasteiger partial charge on any atom is 0.236 e. The smallest absolute Gasteiger partial charge is 0.236 e. The minimum Gasteiger partial charge on any atom is -0.486 e. The number of carbonyl (C=O) groups is 1. The maximum absolute atomic E-state index is 12.5. The van der Waals surface area contributed by atoms with Gasteiger partial charge in [0.15, 0.2) is 11.5 Å². The fourth-order valence-electron chi connectivity index (χ4n) is 2.96. The Kier molecular flexibility index (Phi) is 5.78. The van der Waals surface area contributed by atoms with E-state index < -0.39 is 0 Å². The van der Waals surface area contributed by atoms with Crippen molar-refractivity contribution in [1.29, 1.82) is 0 Å². The van der Waals surface area contributed by atoms with Gasteiger partial charge in [0.2, 0.25) is 5.91 Å².